The van der Waals surface area contributed by atoms with Gasteiger partial charge < -0.3 is 0 Å². The number of benzene rings is 1. The maximum atomic E-state index is 8.42. The molecule has 1 aromatic rings. The van der Waals surface area contributed by atoms with Crippen LogP contribution in [0.2, 0.25) is 0 Å². The third kappa shape index (κ3) is 2.24. The first-order chi connectivity index (χ1) is 5.36. The fraction of sp³-hybridized carbons (Fsp3) is 0. The minimum Gasteiger partial charge on any atom is -0.239 e. The minimum absolute atomic E-state index is 0.590. The lowest BCUT2D eigenvalue weighted by Crippen LogP contribution is -1.74. The van der Waals surface area contributed by atoms with Crippen LogP contribution in [0.3, 0.4) is 0 Å². The van der Waals surface area contributed by atoms with Gasteiger partial charge >= 0.3 is 0 Å². The van der Waals surface area contributed by atoms with Crippen molar-refractivity contribution in [3.8, 4) is 6.07 Å². The third-order valence-electron chi connectivity index (χ3n) is 1.12. The molecule has 1 N–H and O–H groups in total. The van der Waals surface area contributed by atoms with Gasteiger partial charge in [0.2, 0.25) is 0 Å². The Morgan fingerprint density at radius 2 is 2.00 bits per heavy atom. The van der Waals surface area contributed by atoms with E-state index in [4.69, 9.17) is 10.5 Å². The molecule has 0 fully saturated rings. The number of rotatable bonds is 2. The standard InChI is InChI=1S/C7H5NO2S/c8-5-6-1-3-7(4-2-6)11-10-9/h1-4,9H. The van der Waals surface area contributed by atoms with E-state index in [1.807, 2.05) is 6.07 Å². The SMILES string of the molecule is N#Cc1ccc(SOO)cc1. The third-order valence-corrected chi connectivity index (χ3v) is 1.66. The molecule has 11 heavy (non-hydrogen) atoms. The van der Waals surface area contributed by atoms with Crippen LogP contribution in [0, 0.1) is 11.3 Å². The van der Waals surface area contributed by atoms with Crippen LogP contribution in [0.4, 0.5) is 0 Å². The Bertz CT molecular complexity index is 265. The highest BCUT2D eigenvalue weighted by atomic mass is 32.2. The van der Waals surface area contributed by atoms with E-state index in [9.17, 15) is 0 Å². The molecule has 0 aliphatic rings. The van der Waals surface area contributed by atoms with Crippen molar-refractivity contribution >= 4 is 12.0 Å². The van der Waals surface area contributed by atoms with Crippen molar-refractivity contribution in [3.63, 3.8) is 0 Å². The lowest BCUT2D eigenvalue weighted by molar-refractivity contribution is -0.116. The maximum Gasteiger partial charge on any atom is 0.0991 e. The topological polar surface area (TPSA) is 53.2 Å². The van der Waals surface area contributed by atoms with E-state index in [1.165, 1.54) is 0 Å². The van der Waals surface area contributed by atoms with Gasteiger partial charge in [0.05, 0.1) is 23.7 Å². The molecule has 0 saturated heterocycles. The van der Waals surface area contributed by atoms with Crippen LogP contribution < -0.4 is 0 Å². The molecule has 3 nitrogen and oxygen atoms in total. The van der Waals surface area contributed by atoms with E-state index < -0.39 is 0 Å². The van der Waals surface area contributed by atoms with Gasteiger partial charge in [0.15, 0.2) is 0 Å². The van der Waals surface area contributed by atoms with Crippen molar-refractivity contribution < 1.29 is 9.59 Å². The van der Waals surface area contributed by atoms with Gasteiger partial charge in [-0.25, -0.2) is 5.26 Å². The molecular formula is C7H5NO2S. The molecule has 0 saturated carbocycles. The van der Waals surface area contributed by atoms with Crippen LogP contribution in [0.15, 0.2) is 29.2 Å². The molecule has 0 aromatic heterocycles. The summed E-state index contributed by atoms with van der Waals surface area (Å²) in [7, 11) is 0. The average molecular weight is 167 g/mol. The zero-order chi connectivity index (χ0) is 8.10. The molecular weight excluding hydrogens is 162 g/mol. The van der Waals surface area contributed by atoms with E-state index in [0.29, 0.717) is 5.56 Å². The van der Waals surface area contributed by atoms with Crippen molar-refractivity contribution in [3.05, 3.63) is 29.8 Å². The summed E-state index contributed by atoms with van der Waals surface area (Å²) in [6.07, 6.45) is 0. The molecule has 4 heteroatoms. The van der Waals surface area contributed by atoms with Crippen molar-refractivity contribution in [1.29, 1.82) is 5.26 Å². The molecule has 0 amide bonds. The van der Waals surface area contributed by atoms with Gasteiger partial charge in [-0.3, -0.25) is 0 Å². The molecule has 0 atom stereocenters. The monoisotopic (exact) mass is 167 g/mol. The molecule has 0 heterocycles. The quantitative estimate of drug-likeness (QED) is 0.416. The van der Waals surface area contributed by atoms with E-state index in [2.05, 4.69) is 4.33 Å². The molecule has 0 aliphatic carbocycles. The van der Waals surface area contributed by atoms with Crippen molar-refractivity contribution in [2.24, 2.45) is 0 Å². The largest absolute Gasteiger partial charge is 0.239 e. The van der Waals surface area contributed by atoms with Gasteiger partial charge in [-0.05, 0) is 24.3 Å². The van der Waals surface area contributed by atoms with Crippen molar-refractivity contribution in [2.45, 2.75) is 4.90 Å². The minimum atomic E-state index is 0.590. The summed E-state index contributed by atoms with van der Waals surface area (Å²) in [6.45, 7) is 0. The van der Waals surface area contributed by atoms with Crippen LogP contribution in [-0.4, -0.2) is 5.26 Å². The fourth-order valence-electron chi connectivity index (χ4n) is 0.628. The average Bonchev–Trinajstić information content (AvgIpc) is 2.07. The van der Waals surface area contributed by atoms with E-state index in [1.54, 1.807) is 24.3 Å². The summed E-state index contributed by atoms with van der Waals surface area (Å²) in [5.74, 6) is 0. The van der Waals surface area contributed by atoms with Gasteiger partial charge in [-0.2, -0.15) is 9.60 Å². The van der Waals surface area contributed by atoms with Crippen molar-refractivity contribution in [2.75, 3.05) is 0 Å². The summed E-state index contributed by atoms with van der Waals surface area (Å²) in [5.41, 5.74) is 0.590. The predicted molar refractivity (Wildman–Crippen MR) is 40.7 cm³/mol. The summed E-state index contributed by atoms with van der Waals surface area (Å²) < 4.78 is 3.84. The molecule has 0 unspecified atom stereocenters. The number of nitrogens with zero attached hydrogens (tertiary/aromatic N) is 1. The number of hydrogen-bond acceptors (Lipinski definition) is 4. The molecule has 0 radical (unpaired) electrons. The molecule has 1 rings (SSSR count). The van der Waals surface area contributed by atoms with Gasteiger partial charge in [-0.1, -0.05) is 0 Å². The molecule has 1 aromatic carbocycles. The Labute approximate surface area is 68.4 Å². The summed E-state index contributed by atoms with van der Waals surface area (Å²) in [4.78, 5) is 0.756. The highest BCUT2D eigenvalue weighted by Gasteiger charge is 1.93. The second-order valence-corrected chi connectivity index (χ2v) is 2.58. The van der Waals surface area contributed by atoms with Crippen LogP contribution in [0.1, 0.15) is 5.56 Å². The molecule has 56 valence electrons. The van der Waals surface area contributed by atoms with Crippen LogP contribution in [0.5, 0.6) is 0 Å². The maximum absolute atomic E-state index is 8.42. The van der Waals surface area contributed by atoms with Crippen molar-refractivity contribution in [1.82, 2.24) is 0 Å². The van der Waals surface area contributed by atoms with E-state index in [-0.39, 0.29) is 0 Å². The second-order valence-electron chi connectivity index (χ2n) is 1.79. The Kier molecular flexibility index (Phi) is 2.93. The van der Waals surface area contributed by atoms with Crippen LogP contribution >= 0.6 is 12.0 Å². The Morgan fingerprint density at radius 3 is 2.45 bits per heavy atom. The van der Waals surface area contributed by atoms with Gasteiger partial charge in [0.1, 0.15) is 0 Å². The summed E-state index contributed by atoms with van der Waals surface area (Å²) in [6, 6.07) is 8.68. The Morgan fingerprint density at radius 1 is 1.36 bits per heavy atom. The van der Waals surface area contributed by atoms with Gasteiger partial charge in [-0.15, -0.1) is 0 Å². The molecule has 0 aliphatic heterocycles. The zero-order valence-electron chi connectivity index (χ0n) is 5.52. The highest BCUT2D eigenvalue weighted by molar-refractivity contribution is 7.94. The molecule has 0 bridgehead atoms. The van der Waals surface area contributed by atoms with Gasteiger partial charge in [0.25, 0.3) is 0 Å². The van der Waals surface area contributed by atoms with Crippen LogP contribution in [-0.2, 0) is 4.33 Å². The fourth-order valence-corrected chi connectivity index (χ4v) is 0.961. The number of hydrogen-bond donors (Lipinski definition) is 1. The highest BCUT2D eigenvalue weighted by Crippen LogP contribution is 2.17. The first kappa shape index (κ1) is 8.08. The first-order valence-electron chi connectivity index (χ1n) is 2.85. The normalized spacial score (nSPS) is 9.09. The summed E-state index contributed by atoms with van der Waals surface area (Å²) >= 11 is 0.841. The Hall–Kier alpha value is -1.02. The predicted octanol–water partition coefficient (Wildman–Crippen LogP) is 2.05. The first-order valence-corrected chi connectivity index (χ1v) is 3.59. The Balaban J connectivity index is 2.76. The number of nitriles is 1. The second kappa shape index (κ2) is 3.98. The summed E-state index contributed by atoms with van der Waals surface area (Å²) in [5, 5.41) is 16.5. The lowest BCUT2D eigenvalue weighted by atomic mass is 10.2. The van der Waals surface area contributed by atoms with Gasteiger partial charge in [0, 0.05) is 4.90 Å². The lowest BCUT2D eigenvalue weighted by Gasteiger charge is -1.93. The molecule has 0 spiro atoms. The van der Waals surface area contributed by atoms with E-state index in [0.717, 1.165) is 16.9 Å². The van der Waals surface area contributed by atoms with Crippen LogP contribution in [0.25, 0.3) is 0 Å². The van der Waals surface area contributed by atoms with E-state index >= 15 is 0 Å². The smallest absolute Gasteiger partial charge is 0.0991 e. The zero-order valence-corrected chi connectivity index (χ0v) is 6.34.